The van der Waals surface area contributed by atoms with E-state index in [-0.39, 0.29) is 24.5 Å². The van der Waals surface area contributed by atoms with Gasteiger partial charge in [0.1, 0.15) is 5.75 Å². The Morgan fingerprint density at radius 3 is 2.54 bits per heavy atom. The van der Waals surface area contributed by atoms with Gasteiger partial charge in [-0.2, -0.15) is 0 Å². The zero-order chi connectivity index (χ0) is 18.7. The van der Waals surface area contributed by atoms with Gasteiger partial charge in [-0.05, 0) is 50.8 Å². The Morgan fingerprint density at radius 1 is 1.19 bits per heavy atom. The smallest absolute Gasteiger partial charge is 0.260 e. The number of benzene rings is 1. The highest BCUT2D eigenvalue weighted by molar-refractivity contribution is 5.82. The summed E-state index contributed by atoms with van der Waals surface area (Å²) in [5, 5.41) is 3.05. The van der Waals surface area contributed by atoms with Gasteiger partial charge >= 0.3 is 0 Å². The summed E-state index contributed by atoms with van der Waals surface area (Å²) < 4.78 is 5.73. The minimum absolute atomic E-state index is 0.000594. The van der Waals surface area contributed by atoms with Crippen LogP contribution in [0.3, 0.4) is 0 Å². The highest BCUT2D eigenvalue weighted by Gasteiger charge is 2.30. The van der Waals surface area contributed by atoms with E-state index in [1.54, 1.807) is 0 Å². The standard InChI is InChI=1S/C20H29N3O3/c1-14-4-5-15(2)18(12-14)26-13-19(24)23-10-8-22(9-11-23)16(3)20(25)21-17-6-7-17/h4-5,12,16-17H,6-11,13H2,1-3H3,(H,21,25). The summed E-state index contributed by atoms with van der Waals surface area (Å²) >= 11 is 0. The molecule has 0 spiro atoms. The number of rotatable bonds is 6. The van der Waals surface area contributed by atoms with E-state index in [0.717, 1.165) is 29.7 Å². The minimum atomic E-state index is -0.140. The molecule has 1 aromatic carbocycles. The Hall–Kier alpha value is -2.08. The Bertz CT molecular complexity index is 664. The van der Waals surface area contributed by atoms with Gasteiger partial charge in [-0.15, -0.1) is 0 Å². The van der Waals surface area contributed by atoms with Crippen molar-refractivity contribution >= 4 is 11.8 Å². The van der Waals surface area contributed by atoms with E-state index in [2.05, 4.69) is 10.2 Å². The molecule has 2 amide bonds. The Balaban J connectivity index is 1.44. The van der Waals surface area contributed by atoms with Crippen LogP contribution in [-0.2, 0) is 9.59 Å². The lowest BCUT2D eigenvalue weighted by Crippen LogP contribution is -2.55. The summed E-state index contributed by atoms with van der Waals surface area (Å²) in [6, 6.07) is 6.24. The molecule has 142 valence electrons. The van der Waals surface area contributed by atoms with Crippen molar-refractivity contribution in [3.05, 3.63) is 29.3 Å². The van der Waals surface area contributed by atoms with Crippen LogP contribution >= 0.6 is 0 Å². The molecule has 1 saturated heterocycles. The number of carbonyl (C=O) groups is 2. The third-order valence-electron chi connectivity index (χ3n) is 5.21. The average Bonchev–Trinajstić information content (AvgIpc) is 3.45. The van der Waals surface area contributed by atoms with Crippen LogP contribution in [0.5, 0.6) is 5.75 Å². The fourth-order valence-corrected chi connectivity index (χ4v) is 3.17. The quantitative estimate of drug-likeness (QED) is 0.836. The van der Waals surface area contributed by atoms with Crippen molar-refractivity contribution in [2.45, 2.75) is 45.7 Å². The second-order valence-electron chi connectivity index (χ2n) is 7.43. The molecule has 3 rings (SSSR count). The van der Waals surface area contributed by atoms with Crippen LogP contribution in [0, 0.1) is 13.8 Å². The molecule has 1 aliphatic heterocycles. The van der Waals surface area contributed by atoms with Crippen LogP contribution < -0.4 is 10.1 Å². The first-order valence-corrected chi connectivity index (χ1v) is 9.46. The molecule has 1 saturated carbocycles. The normalized spacial score (nSPS) is 19.1. The van der Waals surface area contributed by atoms with E-state index >= 15 is 0 Å². The van der Waals surface area contributed by atoms with Crippen LogP contribution in [0.4, 0.5) is 0 Å². The summed E-state index contributed by atoms with van der Waals surface area (Å²) in [4.78, 5) is 28.6. The highest BCUT2D eigenvalue weighted by Crippen LogP contribution is 2.20. The first-order valence-electron chi connectivity index (χ1n) is 9.46. The summed E-state index contributed by atoms with van der Waals surface area (Å²) in [5.41, 5.74) is 2.15. The van der Waals surface area contributed by atoms with Crippen molar-refractivity contribution in [2.75, 3.05) is 32.8 Å². The fraction of sp³-hybridized carbons (Fsp3) is 0.600. The van der Waals surface area contributed by atoms with E-state index < -0.39 is 0 Å². The van der Waals surface area contributed by atoms with Gasteiger partial charge in [-0.25, -0.2) is 0 Å². The van der Waals surface area contributed by atoms with Crippen LogP contribution in [0.2, 0.25) is 0 Å². The van der Waals surface area contributed by atoms with Crippen LogP contribution in [0.25, 0.3) is 0 Å². The largest absolute Gasteiger partial charge is 0.483 e. The lowest BCUT2D eigenvalue weighted by atomic mass is 10.1. The van der Waals surface area contributed by atoms with Gasteiger partial charge in [-0.3, -0.25) is 14.5 Å². The number of ether oxygens (including phenoxy) is 1. The molecular weight excluding hydrogens is 330 g/mol. The first-order chi connectivity index (χ1) is 12.4. The zero-order valence-electron chi connectivity index (χ0n) is 16.0. The Morgan fingerprint density at radius 2 is 1.88 bits per heavy atom. The number of nitrogens with zero attached hydrogens (tertiary/aromatic N) is 2. The number of carbonyl (C=O) groups excluding carboxylic acids is 2. The minimum Gasteiger partial charge on any atom is -0.483 e. The maximum atomic E-state index is 12.4. The van der Waals surface area contributed by atoms with E-state index in [9.17, 15) is 9.59 Å². The van der Waals surface area contributed by atoms with E-state index in [4.69, 9.17) is 4.74 Å². The predicted molar refractivity (Wildman–Crippen MR) is 100 cm³/mol. The van der Waals surface area contributed by atoms with Crippen LogP contribution in [-0.4, -0.2) is 66.5 Å². The second-order valence-corrected chi connectivity index (χ2v) is 7.43. The van der Waals surface area contributed by atoms with Crippen molar-refractivity contribution in [3.63, 3.8) is 0 Å². The second kappa shape index (κ2) is 8.08. The number of nitrogens with one attached hydrogen (secondary N) is 1. The topological polar surface area (TPSA) is 61.9 Å². The summed E-state index contributed by atoms with van der Waals surface area (Å²) in [5.74, 6) is 0.869. The fourth-order valence-electron chi connectivity index (χ4n) is 3.17. The van der Waals surface area contributed by atoms with Gasteiger partial charge in [0, 0.05) is 32.2 Å². The molecule has 2 aliphatic rings. The molecule has 2 fully saturated rings. The molecule has 1 heterocycles. The molecule has 26 heavy (non-hydrogen) atoms. The molecule has 0 radical (unpaired) electrons. The third-order valence-corrected chi connectivity index (χ3v) is 5.21. The van der Waals surface area contributed by atoms with E-state index in [1.165, 1.54) is 0 Å². The molecule has 0 bridgehead atoms. The monoisotopic (exact) mass is 359 g/mol. The van der Waals surface area contributed by atoms with Gasteiger partial charge < -0.3 is 15.0 Å². The van der Waals surface area contributed by atoms with Crippen LogP contribution in [0.1, 0.15) is 30.9 Å². The van der Waals surface area contributed by atoms with Gasteiger partial charge in [0.05, 0.1) is 6.04 Å². The maximum absolute atomic E-state index is 12.4. The Labute approximate surface area is 155 Å². The maximum Gasteiger partial charge on any atom is 0.260 e. The molecule has 6 heteroatoms. The number of hydrogen-bond donors (Lipinski definition) is 1. The molecule has 1 aromatic rings. The predicted octanol–water partition coefficient (Wildman–Crippen LogP) is 1.49. The first kappa shape index (κ1) is 18.7. The summed E-state index contributed by atoms with van der Waals surface area (Å²) in [6.07, 6.45) is 2.20. The lowest BCUT2D eigenvalue weighted by Gasteiger charge is -2.37. The summed E-state index contributed by atoms with van der Waals surface area (Å²) in [6.45, 7) is 8.69. The number of piperazine rings is 1. The molecule has 0 aromatic heterocycles. The molecule has 6 nitrogen and oxygen atoms in total. The van der Waals surface area contributed by atoms with Crippen molar-refractivity contribution in [3.8, 4) is 5.75 Å². The van der Waals surface area contributed by atoms with Crippen molar-refractivity contribution in [2.24, 2.45) is 0 Å². The van der Waals surface area contributed by atoms with Crippen molar-refractivity contribution in [1.29, 1.82) is 0 Å². The Kier molecular flexibility index (Phi) is 5.81. The SMILES string of the molecule is Cc1ccc(C)c(OCC(=O)N2CCN(C(C)C(=O)NC3CC3)CC2)c1. The van der Waals surface area contributed by atoms with Gasteiger partial charge in [0.15, 0.2) is 6.61 Å². The van der Waals surface area contributed by atoms with E-state index in [1.807, 2.05) is 43.9 Å². The highest BCUT2D eigenvalue weighted by atomic mass is 16.5. The zero-order valence-corrected chi connectivity index (χ0v) is 16.0. The number of amides is 2. The van der Waals surface area contributed by atoms with Crippen molar-refractivity contribution in [1.82, 2.24) is 15.1 Å². The summed E-state index contributed by atoms with van der Waals surface area (Å²) in [7, 11) is 0. The van der Waals surface area contributed by atoms with Gasteiger partial charge in [-0.1, -0.05) is 12.1 Å². The van der Waals surface area contributed by atoms with Gasteiger partial charge in [0.2, 0.25) is 5.91 Å². The average molecular weight is 359 g/mol. The lowest BCUT2D eigenvalue weighted by molar-refractivity contribution is -0.136. The molecule has 1 N–H and O–H groups in total. The molecule has 1 atom stereocenters. The number of hydrogen-bond acceptors (Lipinski definition) is 4. The third kappa shape index (κ3) is 4.75. The van der Waals surface area contributed by atoms with Gasteiger partial charge in [0.25, 0.3) is 5.91 Å². The van der Waals surface area contributed by atoms with Crippen molar-refractivity contribution < 1.29 is 14.3 Å². The van der Waals surface area contributed by atoms with Crippen LogP contribution in [0.15, 0.2) is 18.2 Å². The van der Waals surface area contributed by atoms with E-state index in [0.29, 0.717) is 32.2 Å². The molecular formula is C20H29N3O3. The molecule has 1 unspecified atom stereocenters. The number of aryl methyl sites for hydroxylation is 2. The molecule has 1 aliphatic carbocycles.